The number of carbonyl (C=O) groups excluding carboxylic acids is 1. The van der Waals surface area contributed by atoms with Crippen LogP contribution in [-0.2, 0) is 0 Å². The molecule has 0 bridgehead atoms. The topological polar surface area (TPSA) is 69.4 Å². The van der Waals surface area contributed by atoms with E-state index < -0.39 is 4.92 Å². The number of benzene rings is 1. The van der Waals surface area contributed by atoms with Crippen molar-refractivity contribution in [3.8, 4) is 5.75 Å². The molecule has 0 heterocycles. The minimum atomic E-state index is -0.526. The van der Waals surface area contributed by atoms with Crippen molar-refractivity contribution in [1.29, 1.82) is 0 Å². The number of nitro groups is 1. The van der Waals surface area contributed by atoms with Gasteiger partial charge in [-0.3, -0.25) is 14.9 Å². The van der Waals surface area contributed by atoms with Gasteiger partial charge in [-0.15, -0.1) is 0 Å². The second-order valence-electron chi connectivity index (χ2n) is 4.05. The SMILES string of the molecule is CCCCCOc1ccc(C(C)=O)cc1[N+](=O)[O-]. The lowest BCUT2D eigenvalue weighted by Crippen LogP contribution is -2.02. The highest BCUT2D eigenvalue weighted by atomic mass is 16.6. The Balaban J connectivity index is 2.83. The molecule has 0 aliphatic carbocycles. The van der Waals surface area contributed by atoms with E-state index in [1.54, 1.807) is 6.07 Å². The number of nitro benzene ring substituents is 1. The van der Waals surface area contributed by atoms with Crippen molar-refractivity contribution in [1.82, 2.24) is 0 Å². The standard InChI is InChI=1S/C13H17NO4/c1-3-4-5-8-18-13-7-6-11(10(2)15)9-12(13)14(16)17/h6-7,9H,3-5,8H2,1-2H3. The average Bonchev–Trinajstić information content (AvgIpc) is 2.34. The fraction of sp³-hybridized carbons (Fsp3) is 0.462. The summed E-state index contributed by atoms with van der Waals surface area (Å²) < 4.78 is 5.38. The van der Waals surface area contributed by atoms with Crippen molar-refractivity contribution in [3.05, 3.63) is 33.9 Å². The molecule has 0 spiro atoms. The molecular formula is C13H17NO4. The highest BCUT2D eigenvalue weighted by Crippen LogP contribution is 2.28. The van der Waals surface area contributed by atoms with Gasteiger partial charge in [0.05, 0.1) is 11.5 Å². The molecule has 0 unspecified atom stereocenters. The van der Waals surface area contributed by atoms with Gasteiger partial charge in [-0.1, -0.05) is 19.8 Å². The van der Waals surface area contributed by atoms with Crippen LogP contribution in [0.3, 0.4) is 0 Å². The van der Waals surface area contributed by atoms with Gasteiger partial charge in [-0.2, -0.15) is 0 Å². The van der Waals surface area contributed by atoms with Crippen molar-refractivity contribution < 1.29 is 14.5 Å². The Morgan fingerprint density at radius 2 is 2.11 bits per heavy atom. The highest BCUT2D eigenvalue weighted by Gasteiger charge is 2.17. The first-order chi connectivity index (χ1) is 8.56. The van der Waals surface area contributed by atoms with Crippen molar-refractivity contribution in [2.24, 2.45) is 0 Å². The summed E-state index contributed by atoms with van der Waals surface area (Å²) in [7, 11) is 0. The number of hydrogen-bond acceptors (Lipinski definition) is 4. The molecule has 0 fully saturated rings. The number of ether oxygens (including phenoxy) is 1. The van der Waals surface area contributed by atoms with Crippen molar-refractivity contribution in [2.45, 2.75) is 33.1 Å². The minimum absolute atomic E-state index is 0.154. The van der Waals surface area contributed by atoms with E-state index in [1.807, 2.05) is 0 Å². The van der Waals surface area contributed by atoms with Gasteiger partial charge in [0.2, 0.25) is 0 Å². The summed E-state index contributed by atoms with van der Waals surface area (Å²) in [5.74, 6) is 0.0248. The fourth-order valence-corrected chi connectivity index (χ4v) is 1.54. The Labute approximate surface area is 106 Å². The zero-order chi connectivity index (χ0) is 13.5. The minimum Gasteiger partial charge on any atom is -0.487 e. The lowest BCUT2D eigenvalue weighted by atomic mass is 10.1. The molecule has 0 saturated carbocycles. The quantitative estimate of drug-likeness (QED) is 0.322. The van der Waals surface area contributed by atoms with Gasteiger partial charge in [0, 0.05) is 11.6 Å². The van der Waals surface area contributed by atoms with E-state index >= 15 is 0 Å². The number of Topliss-reactive ketones (excluding diaryl/α,β-unsaturated/α-hetero) is 1. The summed E-state index contributed by atoms with van der Waals surface area (Å²) >= 11 is 0. The average molecular weight is 251 g/mol. The molecule has 1 aromatic rings. The van der Waals surface area contributed by atoms with Crippen molar-refractivity contribution in [3.63, 3.8) is 0 Å². The fourth-order valence-electron chi connectivity index (χ4n) is 1.54. The normalized spacial score (nSPS) is 10.1. The van der Waals surface area contributed by atoms with Gasteiger partial charge in [0.15, 0.2) is 11.5 Å². The third-order valence-corrected chi connectivity index (χ3v) is 2.57. The van der Waals surface area contributed by atoms with Crippen LogP contribution in [0.15, 0.2) is 18.2 Å². The van der Waals surface area contributed by atoms with Crippen molar-refractivity contribution >= 4 is 11.5 Å². The molecular weight excluding hydrogens is 234 g/mol. The molecule has 0 aliphatic rings. The maximum Gasteiger partial charge on any atom is 0.311 e. The van der Waals surface area contributed by atoms with Crippen LogP contribution >= 0.6 is 0 Å². The van der Waals surface area contributed by atoms with Gasteiger partial charge in [0.1, 0.15) is 0 Å². The van der Waals surface area contributed by atoms with Gasteiger partial charge in [0.25, 0.3) is 0 Å². The van der Waals surface area contributed by atoms with Crippen LogP contribution in [0.1, 0.15) is 43.5 Å². The first-order valence-electron chi connectivity index (χ1n) is 5.98. The van der Waals surface area contributed by atoms with Gasteiger partial charge in [-0.05, 0) is 25.5 Å². The molecule has 5 nitrogen and oxygen atoms in total. The van der Waals surface area contributed by atoms with Crippen LogP contribution in [0.25, 0.3) is 0 Å². The van der Waals surface area contributed by atoms with E-state index in [2.05, 4.69) is 6.92 Å². The predicted molar refractivity (Wildman–Crippen MR) is 68.1 cm³/mol. The summed E-state index contributed by atoms with van der Waals surface area (Å²) in [6, 6.07) is 4.29. The van der Waals surface area contributed by atoms with E-state index in [-0.39, 0.29) is 17.2 Å². The first kappa shape index (κ1) is 14.2. The lowest BCUT2D eigenvalue weighted by Gasteiger charge is -2.07. The van der Waals surface area contributed by atoms with E-state index in [0.717, 1.165) is 19.3 Å². The number of rotatable bonds is 7. The molecule has 18 heavy (non-hydrogen) atoms. The van der Waals surface area contributed by atoms with Gasteiger partial charge >= 0.3 is 5.69 Å². The molecule has 0 radical (unpaired) electrons. The van der Waals surface area contributed by atoms with Crippen LogP contribution in [0.2, 0.25) is 0 Å². The number of hydrogen-bond donors (Lipinski definition) is 0. The zero-order valence-electron chi connectivity index (χ0n) is 10.6. The summed E-state index contributed by atoms with van der Waals surface area (Å²) in [5, 5.41) is 10.9. The summed E-state index contributed by atoms with van der Waals surface area (Å²) in [4.78, 5) is 21.5. The second kappa shape index (κ2) is 6.74. The highest BCUT2D eigenvalue weighted by molar-refractivity contribution is 5.95. The molecule has 0 atom stereocenters. The largest absolute Gasteiger partial charge is 0.487 e. The number of nitrogens with zero attached hydrogens (tertiary/aromatic N) is 1. The summed E-state index contributed by atoms with van der Waals surface area (Å²) in [5.41, 5.74) is 0.168. The Hall–Kier alpha value is -1.91. The van der Waals surface area contributed by atoms with Gasteiger partial charge in [-0.25, -0.2) is 0 Å². The van der Waals surface area contributed by atoms with Crippen LogP contribution in [0.4, 0.5) is 5.69 Å². The molecule has 0 N–H and O–H groups in total. The Morgan fingerprint density at radius 3 is 2.67 bits per heavy atom. The maximum absolute atomic E-state index is 11.2. The first-order valence-corrected chi connectivity index (χ1v) is 5.98. The number of ketones is 1. The Kier molecular flexibility index (Phi) is 5.30. The molecule has 0 saturated heterocycles. The summed E-state index contributed by atoms with van der Waals surface area (Å²) in [6.07, 6.45) is 2.95. The van der Waals surface area contributed by atoms with Crippen molar-refractivity contribution in [2.75, 3.05) is 6.61 Å². The summed E-state index contributed by atoms with van der Waals surface area (Å²) in [6.45, 7) is 3.90. The smallest absolute Gasteiger partial charge is 0.311 e. The lowest BCUT2D eigenvalue weighted by molar-refractivity contribution is -0.385. The van der Waals surface area contributed by atoms with Crippen LogP contribution in [0.5, 0.6) is 5.75 Å². The molecule has 0 aliphatic heterocycles. The van der Waals surface area contributed by atoms with Crippen LogP contribution in [0, 0.1) is 10.1 Å². The molecule has 0 amide bonds. The van der Waals surface area contributed by atoms with E-state index in [0.29, 0.717) is 12.2 Å². The number of carbonyl (C=O) groups is 1. The maximum atomic E-state index is 11.2. The Bertz CT molecular complexity index is 443. The Morgan fingerprint density at radius 1 is 1.39 bits per heavy atom. The van der Waals surface area contributed by atoms with Crippen LogP contribution in [-0.4, -0.2) is 17.3 Å². The number of unbranched alkanes of at least 4 members (excludes halogenated alkanes) is 2. The third-order valence-electron chi connectivity index (χ3n) is 2.57. The molecule has 98 valence electrons. The molecule has 1 aromatic carbocycles. The monoisotopic (exact) mass is 251 g/mol. The molecule has 0 aromatic heterocycles. The zero-order valence-corrected chi connectivity index (χ0v) is 10.6. The second-order valence-corrected chi connectivity index (χ2v) is 4.05. The molecule has 5 heteroatoms. The van der Waals surface area contributed by atoms with E-state index in [1.165, 1.54) is 19.1 Å². The third kappa shape index (κ3) is 3.84. The van der Waals surface area contributed by atoms with Gasteiger partial charge < -0.3 is 4.74 Å². The predicted octanol–water partition coefficient (Wildman–Crippen LogP) is 3.37. The van der Waals surface area contributed by atoms with Crippen LogP contribution < -0.4 is 4.74 Å². The van der Waals surface area contributed by atoms with E-state index in [9.17, 15) is 14.9 Å². The van der Waals surface area contributed by atoms with E-state index in [4.69, 9.17) is 4.74 Å². The molecule has 1 rings (SSSR count).